The summed E-state index contributed by atoms with van der Waals surface area (Å²) in [6.07, 6.45) is 0. The number of hydrogen-bond acceptors (Lipinski definition) is 6. The third-order valence-electron chi connectivity index (χ3n) is 8.00. The van der Waals surface area contributed by atoms with Crippen molar-refractivity contribution in [3.63, 3.8) is 0 Å². The number of hydrogen-bond donors (Lipinski definition) is 4. The van der Waals surface area contributed by atoms with Crippen LogP contribution in [0.15, 0.2) is 99.0 Å². The summed E-state index contributed by atoms with van der Waals surface area (Å²) in [5.74, 6) is -0.118. The van der Waals surface area contributed by atoms with Crippen molar-refractivity contribution in [2.45, 2.75) is 26.4 Å². The molecule has 0 atom stereocenters. The number of aromatic nitrogens is 4. The summed E-state index contributed by atoms with van der Waals surface area (Å²) < 4.78 is 12.4. The van der Waals surface area contributed by atoms with E-state index in [1.165, 1.54) is 19.2 Å². The molecule has 0 radical (unpaired) electrons. The fraction of sp³-hybridized carbons (Fsp3) is 0.143. The Morgan fingerprint density at radius 1 is 0.766 bits per heavy atom. The van der Waals surface area contributed by atoms with E-state index in [0.29, 0.717) is 44.0 Å². The molecule has 0 aliphatic carbocycles. The van der Waals surface area contributed by atoms with Gasteiger partial charge in [-0.15, -0.1) is 0 Å². The van der Waals surface area contributed by atoms with Crippen LogP contribution in [-0.2, 0) is 6.61 Å². The number of non-ortho nitro benzene ring substituents is 1. The second kappa shape index (κ2) is 13.0. The highest BCUT2D eigenvalue weighted by Gasteiger charge is 2.32. The van der Waals surface area contributed by atoms with E-state index in [-0.39, 0.29) is 23.4 Å². The highest BCUT2D eigenvalue weighted by atomic mass is 79.9. The molecule has 11 nitrogen and oxygen atoms in total. The van der Waals surface area contributed by atoms with Crippen LogP contribution in [0.5, 0.6) is 11.5 Å². The molecule has 0 fully saturated rings. The molecule has 238 valence electrons. The fourth-order valence-corrected chi connectivity index (χ4v) is 6.15. The van der Waals surface area contributed by atoms with Crippen LogP contribution in [0, 0.1) is 24.0 Å². The lowest BCUT2D eigenvalue weighted by molar-refractivity contribution is -0.384. The van der Waals surface area contributed by atoms with Crippen LogP contribution >= 0.6 is 15.9 Å². The Kier molecular flexibility index (Phi) is 8.68. The summed E-state index contributed by atoms with van der Waals surface area (Å²) in [4.78, 5) is 38.0. The molecule has 0 saturated heterocycles. The average Bonchev–Trinajstić information content (AvgIpc) is 3.63. The van der Waals surface area contributed by atoms with Gasteiger partial charge in [-0.2, -0.15) is 0 Å². The van der Waals surface area contributed by atoms with E-state index in [9.17, 15) is 19.7 Å². The van der Waals surface area contributed by atoms with Gasteiger partial charge in [0, 0.05) is 18.1 Å². The molecule has 0 saturated carbocycles. The maximum atomic E-state index is 13.7. The summed E-state index contributed by atoms with van der Waals surface area (Å²) in [5, 5.41) is 22.6. The van der Waals surface area contributed by atoms with Crippen molar-refractivity contribution in [2.75, 3.05) is 7.11 Å². The summed E-state index contributed by atoms with van der Waals surface area (Å²) >= 11 is 3.64. The Bertz CT molecular complexity index is 2080. The van der Waals surface area contributed by atoms with E-state index < -0.39 is 10.8 Å². The van der Waals surface area contributed by atoms with Gasteiger partial charge in [-0.1, -0.05) is 59.7 Å². The van der Waals surface area contributed by atoms with Crippen LogP contribution in [0.3, 0.4) is 0 Å². The number of nitro benzene ring substituents is 1. The minimum atomic E-state index is -0.860. The van der Waals surface area contributed by atoms with Crippen LogP contribution in [0.2, 0.25) is 0 Å². The monoisotopic (exact) mass is 695 g/mol. The number of H-pyrrole nitrogens is 4. The van der Waals surface area contributed by atoms with E-state index in [2.05, 4.69) is 36.3 Å². The zero-order valence-electron chi connectivity index (χ0n) is 25.6. The molecule has 6 aromatic rings. The number of methoxy groups -OCH3 is 1. The summed E-state index contributed by atoms with van der Waals surface area (Å²) in [6, 6.07) is 25.1. The van der Waals surface area contributed by atoms with Gasteiger partial charge in [0.2, 0.25) is 0 Å². The second-order valence-electron chi connectivity index (χ2n) is 11.1. The maximum Gasteiger partial charge on any atom is 0.269 e. The van der Waals surface area contributed by atoms with Gasteiger partial charge in [-0.05, 0) is 76.3 Å². The molecule has 47 heavy (non-hydrogen) atoms. The third-order valence-corrected chi connectivity index (χ3v) is 8.59. The number of benzene rings is 4. The molecule has 2 heterocycles. The van der Waals surface area contributed by atoms with Gasteiger partial charge in [0.05, 0.1) is 39.0 Å². The Balaban J connectivity index is 1.51. The lowest BCUT2D eigenvalue weighted by Gasteiger charge is -2.21. The van der Waals surface area contributed by atoms with Crippen molar-refractivity contribution < 1.29 is 14.4 Å². The van der Waals surface area contributed by atoms with Crippen LogP contribution in [0.25, 0.3) is 22.5 Å². The summed E-state index contributed by atoms with van der Waals surface area (Å²) in [7, 11) is 1.50. The van der Waals surface area contributed by atoms with Gasteiger partial charge < -0.3 is 9.47 Å². The smallest absolute Gasteiger partial charge is 0.269 e. The molecule has 0 amide bonds. The molecular formula is C35H30BrN5O6. The highest BCUT2D eigenvalue weighted by Crippen LogP contribution is 2.44. The van der Waals surface area contributed by atoms with Gasteiger partial charge in [-0.25, -0.2) is 0 Å². The number of aryl methyl sites for hydroxylation is 2. The first-order valence-corrected chi connectivity index (χ1v) is 15.4. The van der Waals surface area contributed by atoms with E-state index in [4.69, 9.17) is 9.47 Å². The van der Waals surface area contributed by atoms with E-state index in [0.717, 1.165) is 27.8 Å². The maximum absolute atomic E-state index is 13.7. The Hall–Kier alpha value is -5.62. The van der Waals surface area contributed by atoms with Crippen LogP contribution in [0.4, 0.5) is 5.69 Å². The van der Waals surface area contributed by atoms with Crippen LogP contribution in [0.1, 0.15) is 39.3 Å². The first-order chi connectivity index (χ1) is 22.6. The van der Waals surface area contributed by atoms with Gasteiger partial charge in [0.25, 0.3) is 16.8 Å². The number of nitrogens with zero attached hydrogens (tertiary/aromatic N) is 1. The predicted octanol–water partition coefficient (Wildman–Crippen LogP) is 7.11. The second-order valence-corrected chi connectivity index (χ2v) is 12.0. The van der Waals surface area contributed by atoms with Crippen molar-refractivity contribution in [3.05, 3.63) is 154 Å². The van der Waals surface area contributed by atoms with Crippen LogP contribution in [-0.4, -0.2) is 32.4 Å². The summed E-state index contributed by atoms with van der Waals surface area (Å²) in [6.45, 7) is 4.07. The van der Waals surface area contributed by atoms with E-state index in [1.807, 2.05) is 62.4 Å². The molecule has 4 N–H and O–H groups in total. The van der Waals surface area contributed by atoms with Crippen LogP contribution < -0.4 is 20.6 Å². The molecule has 4 aromatic carbocycles. The lowest BCUT2D eigenvalue weighted by atomic mass is 9.83. The molecule has 0 aliphatic heterocycles. The zero-order chi connectivity index (χ0) is 33.2. The fourth-order valence-electron chi connectivity index (χ4n) is 5.58. The van der Waals surface area contributed by atoms with E-state index in [1.54, 1.807) is 24.3 Å². The molecule has 2 aromatic heterocycles. The Morgan fingerprint density at radius 3 is 1.74 bits per heavy atom. The van der Waals surface area contributed by atoms with Crippen molar-refractivity contribution >= 4 is 21.6 Å². The number of ether oxygens (including phenoxy) is 2. The van der Waals surface area contributed by atoms with Gasteiger partial charge in [0.1, 0.15) is 6.61 Å². The average molecular weight is 697 g/mol. The highest BCUT2D eigenvalue weighted by molar-refractivity contribution is 9.10. The third kappa shape index (κ3) is 6.27. The number of nitro groups is 1. The van der Waals surface area contributed by atoms with Crippen molar-refractivity contribution in [1.82, 2.24) is 20.4 Å². The van der Waals surface area contributed by atoms with Gasteiger partial charge >= 0.3 is 0 Å². The molecule has 0 spiro atoms. The first-order valence-electron chi connectivity index (χ1n) is 14.6. The molecular weight excluding hydrogens is 666 g/mol. The quantitative estimate of drug-likeness (QED) is 0.0883. The van der Waals surface area contributed by atoms with Crippen molar-refractivity contribution in [3.8, 4) is 34.0 Å². The normalized spacial score (nSPS) is 11.2. The van der Waals surface area contributed by atoms with Gasteiger partial charge in [0.15, 0.2) is 11.5 Å². The molecule has 0 bridgehead atoms. The number of aromatic amines is 4. The topological polar surface area (TPSA) is 159 Å². The summed E-state index contributed by atoms with van der Waals surface area (Å²) in [5.41, 5.74) is 5.98. The predicted molar refractivity (Wildman–Crippen MR) is 182 cm³/mol. The number of halogens is 1. The molecule has 6 rings (SSSR count). The van der Waals surface area contributed by atoms with Crippen molar-refractivity contribution in [2.24, 2.45) is 0 Å². The largest absolute Gasteiger partial charge is 0.493 e. The molecule has 12 heteroatoms. The SMILES string of the molecule is COc1cc(C(c2c(-c3ccc(C)cc3)[nH][nH]c2=O)c2c(-c3ccc(C)cc3)[nH][nH]c2=O)cc(Br)c1OCc1ccc([N+](=O)[O-])cc1. The number of nitrogens with one attached hydrogen (secondary N) is 4. The molecule has 0 unspecified atom stereocenters. The van der Waals surface area contributed by atoms with Gasteiger partial charge in [-0.3, -0.25) is 40.1 Å². The minimum absolute atomic E-state index is 0.0163. The first kappa shape index (κ1) is 31.4. The Labute approximate surface area is 276 Å². The van der Waals surface area contributed by atoms with Crippen molar-refractivity contribution in [1.29, 1.82) is 0 Å². The number of rotatable bonds is 10. The Morgan fingerprint density at radius 2 is 1.28 bits per heavy atom. The zero-order valence-corrected chi connectivity index (χ0v) is 27.2. The minimum Gasteiger partial charge on any atom is -0.493 e. The molecule has 0 aliphatic rings. The van der Waals surface area contributed by atoms with E-state index >= 15 is 0 Å². The lowest BCUT2D eigenvalue weighted by Crippen LogP contribution is -2.20. The standard InChI is InChI=1S/C35H30BrN5O6/c1-19-4-10-22(11-5-19)31-29(34(42)39-37-31)28(30-32(38-40-35(30)43)23-12-6-20(2)7-13-23)24-16-26(36)33(27(17-24)46-3)47-18-21-8-14-25(15-9-21)41(44)45/h4-17,28H,18H2,1-3H3,(H2,37,39,42)(H2,38,40,43).